The number of aryl methyl sites for hydroxylation is 1. The smallest absolute Gasteiger partial charge is 0.534 e. The van der Waals surface area contributed by atoms with Crippen molar-refractivity contribution in [2.24, 2.45) is 11.5 Å². The summed E-state index contributed by atoms with van der Waals surface area (Å²) in [5, 5.41) is 26.2. The predicted octanol–water partition coefficient (Wildman–Crippen LogP) is 0.826. The monoisotopic (exact) mass is 384 g/mol. The van der Waals surface area contributed by atoms with E-state index in [1.54, 1.807) is 12.1 Å². The number of hydrogen-bond acceptors (Lipinski definition) is 7. The van der Waals surface area contributed by atoms with Gasteiger partial charge in [-0.05, 0) is 42.7 Å². The first-order valence-corrected chi connectivity index (χ1v) is 9.15. The van der Waals surface area contributed by atoms with Gasteiger partial charge < -0.3 is 36.9 Å². The van der Waals surface area contributed by atoms with Crippen molar-refractivity contribution in [2.75, 3.05) is 23.7 Å². The summed E-state index contributed by atoms with van der Waals surface area (Å²) in [6.07, 6.45) is 0.437. The van der Waals surface area contributed by atoms with Gasteiger partial charge in [-0.2, -0.15) is 0 Å². The van der Waals surface area contributed by atoms with Gasteiger partial charge in [0.2, 0.25) is 0 Å². The lowest BCUT2D eigenvalue weighted by Crippen LogP contribution is -2.47. The Balaban J connectivity index is 1.75. The van der Waals surface area contributed by atoms with Crippen LogP contribution in [0.5, 0.6) is 5.75 Å². The lowest BCUT2D eigenvalue weighted by Gasteiger charge is -2.29. The molecule has 0 aliphatic carbocycles. The van der Waals surface area contributed by atoms with E-state index < -0.39 is 19.0 Å². The Hall–Kier alpha value is -2.75. The average molecular weight is 384 g/mol. The minimum atomic E-state index is -1.17. The zero-order valence-electron chi connectivity index (χ0n) is 15.7. The maximum atomic E-state index is 11.4. The fourth-order valence-corrected chi connectivity index (χ4v) is 3.16. The molecule has 1 aliphatic rings. The van der Waals surface area contributed by atoms with Gasteiger partial charge in [-0.15, -0.1) is 0 Å². The molecule has 0 aromatic heterocycles. The van der Waals surface area contributed by atoms with Crippen LogP contribution in [0.2, 0.25) is 0 Å². The molecular formula is C19H25BN4O4. The average Bonchev–Trinajstić information content (AvgIpc) is 2.68. The summed E-state index contributed by atoms with van der Waals surface area (Å²) in [5.41, 5.74) is 15.0. The van der Waals surface area contributed by atoms with Crippen molar-refractivity contribution in [1.29, 1.82) is 0 Å². The van der Waals surface area contributed by atoms with Crippen molar-refractivity contribution in [3.63, 3.8) is 0 Å². The molecule has 0 saturated carbocycles. The predicted molar refractivity (Wildman–Crippen MR) is 110 cm³/mol. The Morgan fingerprint density at radius 1 is 1.39 bits per heavy atom. The van der Waals surface area contributed by atoms with Gasteiger partial charge in [-0.25, -0.2) is 4.79 Å². The van der Waals surface area contributed by atoms with Gasteiger partial charge in [0.15, 0.2) is 0 Å². The van der Waals surface area contributed by atoms with Gasteiger partial charge in [0.1, 0.15) is 5.75 Å². The molecule has 8 nitrogen and oxygen atoms in total. The van der Waals surface area contributed by atoms with E-state index in [2.05, 4.69) is 10.6 Å². The molecule has 9 heteroatoms. The number of para-hydroxylation sites is 1. The highest BCUT2D eigenvalue weighted by molar-refractivity contribution is 6.47. The lowest BCUT2D eigenvalue weighted by atomic mass is 9.72. The highest BCUT2D eigenvalue weighted by Crippen LogP contribution is 2.31. The van der Waals surface area contributed by atoms with Gasteiger partial charge in [0.25, 0.3) is 0 Å². The van der Waals surface area contributed by atoms with E-state index >= 15 is 0 Å². The van der Waals surface area contributed by atoms with Crippen LogP contribution < -0.4 is 26.8 Å². The molecule has 0 radical (unpaired) electrons. The maximum absolute atomic E-state index is 11.4. The standard InChI is InChI=1S/C19H25BN4O4/c1-11-5-6-14(8-16(11)23-10-13(22)9-21)24-17-7-12-3-2-4-15(19(25)26)18(12)28-20(17)27/h2-6,8,13,17,23-24,27H,7,9-10,21-22H2,1H3,(H,25,26)/t13-,17-/m0/s1. The number of rotatable bonds is 7. The third kappa shape index (κ3) is 4.38. The van der Waals surface area contributed by atoms with Crippen LogP contribution in [0.25, 0.3) is 0 Å². The first-order valence-electron chi connectivity index (χ1n) is 9.15. The molecule has 0 fully saturated rings. The molecule has 0 amide bonds. The number of benzene rings is 2. The summed E-state index contributed by atoms with van der Waals surface area (Å²) in [4.78, 5) is 11.4. The summed E-state index contributed by atoms with van der Waals surface area (Å²) in [6, 6.07) is 10.6. The third-order valence-corrected chi connectivity index (χ3v) is 4.80. The second-order valence-electron chi connectivity index (χ2n) is 6.97. The Morgan fingerprint density at radius 3 is 2.89 bits per heavy atom. The van der Waals surface area contributed by atoms with E-state index in [0.717, 1.165) is 22.5 Å². The summed E-state index contributed by atoms with van der Waals surface area (Å²) in [5.74, 6) is -1.28. The second kappa shape index (κ2) is 8.51. The van der Waals surface area contributed by atoms with Crippen LogP contribution in [0.15, 0.2) is 36.4 Å². The summed E-state index contributed by atoms with van der Waals surface area (Å²) >= 11 is 0. The molecule has 2 aromatic carbocycles. The normalized spacial score (nSPS) is 16.7. The van der Waals surface area contributed by atoms with Crippen LogP contribution in [-0.2, 0) is 6.42 Å². The molecule has 0 unspecified atom stereocenters. The summed E-state index contributed by atoms with van der Waals surface area (Å²) < 4.78 is 5.52. The zero-order chi connectivity index (χ0) is 20.3. The number of carboxylic acid groups (broad SMARTS) is 1. The minimum absolute atomic E-state index is 0.0491. The molecule has 3 rings (SSSR count). The number of anilines is 2. The van der Waals surface area contributed by atoms with Gasteiger partial charge in [0, 0.05) is 30.5 Å². The quantitative estimate of drug-likeness (QED) is 0.385. The van der Waals surface area contributed by atoms with Gasteiger partial charge in [0.05, 0.1) is 11.5 Å². The number of carbonyl (C=O) groups is 1. The molecule has 0 saturated heterocycles. The first-order chi connectivity index (χ1) is 13.4. The second-order valence-corrected chi connectivity index (χ2v) is 6.97. The lowest BCUT2D eigenvalue weighted by molar-refractivity contribution is 0.0694. The summed E-state index contributed by atoms with van der Waals surface area (Å²) in [7, 11) is -1.17. The number of aromatic carboxylic acids is 1. The zero-order valence-corrected chi connectivity index (χ0v) is 15.7. The Bertz CT molecular complexity index is 864. The molecule has 8 N–H and O–H groups in total. The van der Waals surface area contributed by atoms with Gasteiger partial charge in [-0.3, -0.25) is 0 Å². The van der Waals surface area contributed by atoms with E-state index in [1.807, 2.05) is 25.1 Å². The third-order valence-electron chi connectivity index (χ3n) is 4.80. The van der Waals surface area contributed by atoms with Crippen LogP contribution in [0.4, 0.5) is 11.4 Å². The van der Waals surface area contributed by atoms with Crippen molar-refractivity contribution in [3.8, 4) is 5.75 Å². The number of nitrogens with one attached hydrogen (secondary N) is 2. The van der Waals surface area contributed by atoms with Crippen LogP contribution in [0.1, 0.15) is 21.5 Å². The highest BCUT2D eigenvalue weighted by atomic mass is 16.5. The fraction of sp³-hybridized carbons (Fsp3) is 0.316. The molecule has 2 aromatic rings. The highest BCUT2D eigenvalue weighted by Gasteiger charge is 2.36. The molecule has 1 aliphatic heterocycles. The van der Waals surface area contributed by atoms with Crippen molar-refractivity contribution in [1.82, 2.24) is 0 Å². The van der Waals surface area contributed by atoms with E-state index in [4.69, 9.17) is 16.1 Å². The first kappa shape index (κ1) is 20.0. The van der Waals surface area contributed by atoms with E-state index in [1.165, 1.54) is 6.07 Å². The molecular weight excluding hydrogens is 359 g/mol. The van der Waals surface area contributed by atoms with Gasteiger partial charge >= 0.3 is 13.1 Å². The largest absolute Gasteiger partial charge is 0.546 e. The van der Waals surface area contributed by atoms with E-state index in [9.17, 15) is 14.9 Å². The minimum Gasteiger partial charge on any atom is -0.534 e. The number of hydrogen-bond donors (Lipinski definition) is 6. The molecule has 1 heterocycles. The number of fused-ring (bicyclic) bond motifs is 1. The van der Waals surface area contributed by atoms with E-state index in [0.29, 0.717) is 19.5 Å². The topological polar surface area (TPSA) is 143 Å². The Morgan fingerprint density at radius 2 is 2.18 bits per heavy atom. The van der Waals surface area contributed by atoms with Crippen molar-refractivity contribution < 1.29 is 19.6 Å². The number of nitrogens with two attached hydrogens (primary N) is 2. The van der Waals surface area contributed by atoms with Crippen LogP contribution in [0, 0.1) is 6.92 Å². The van der Waals surface area contributed by atoms with Gasteiger partial charge in [-0.1, -0.05) is 18.2 Å². The Labute approximate surface area is 164 Å². The molecule has 2 atom stereocenters. The van der Waals surface area contributed by atoms with Crippen molar-refractivity contribution >= 4 is 24.5 Å². The molecule has 0 bridgehead atoms. The molecule has 0 spiro atoms. The van der Waals surface area contributed by atoms with Crippen LogP contribution >= 0.6 is 0 Å². The SMILES string of the molecule is Cc1ccc(N[C@H]2Cc3cccc(C(=O)O)c3OB2O)cc1NC[C@@H](N)CN. The maximum Gasteiger partial charge on any atom is 0.546 e. The number of carboxylic acids is 1. The van der Waals surface area contributed by atoms with Crippen molar-refractivity contribution in [3.05, 3.63) is 53.1 Å². The van der Waals surface area contributed by atoms with Crippen molar-refractivity contribution in [2.45, 2.75) is 25.3 Å². The molecule has 148 valence electrons. The molecule has 28 heavy (non-hydrogen) atoms. The van der Waals surface area contributed by atoms with Crippen LogP contribution in [0.3, 0.4) is 0 Å². The van der Waals surface area contributed by atoms with Crippen LogP contribution in [-0.4, -0.2) is 48.3 Å². The van der Waals surface area contributed by atoms with E-state index in [-0.39, 0.29) is 17.4 Å². The summed E-state index contributed by atoms with van der Waals surface area (Å²) in [6.45, 7) is 2.94. The Kier molecular flexibility index (Phi) is 6.08. The fourth-order valence-electron chi connectivity index (χ4n) is 3.16.